The topological polar surface area (TPSA) is 42.2 Å². The summed E-state index contributed by atoms with van der Waals surface area (Å²) in [5.74, 6) is 0.697. The number of hydrogen-bond acceptors (Lipinski definition) is 4. The van der Waals surface area contributed by atoms with Crippen molar-refractivity contribution in [2.24, 2.45) is 5.92 Å². The number of hydrogen-bond donors (Lipinski definition) is 1. The van der Waals surface area contributed by atoms with E-state index in [1.165, 1.54) is 12.8 Å². The minimum Gasteiger partial charge on any atom is -0.389 e. The molecule has 1 fully saturated rings. The molecule has 1 atom stereocenters. The Kier molecular flexibility index (Phi) is 2.63. The lowest BCUT2D eigenvalue weighted by Gasteiger charge is -2.26. The van der Waals surface area contributed by atoms with Crippen molar-refractivity contribution in [3.05, 3.63) is 6.20 Å². The highest BCUT2D eigenvalue weighted by atomic mass is 32.1. The van der Waals surface area contributed by atoms with Gasteiger partial charge in [-0.15, -0.1) is 0 Å². The highest BCUT2D eigenvalue weighted by Crippen LogP contribution is 2.33. The van der Waals surface area contributed by atoms with Crippen LogP contribution in [0.3, 0.4) is 0 Å². The van der Waals surface area contributed by atoms with E-state index in [1.807, 2.05) is 0 Å². The summed E-state index contributed by atoms with van der Waals surface area (Å²) in [7, 11) is 0. The van der Waals surface area contributed by atoms with E-state index in [0.717, 1.165) is 16.7 Å². The van der Waals surface area contributed by atoms with Crippen LogP contribution in [0, 0.1) is 5.92 Å². The van der Waals surface area contributed by atoms with Crippen molar-refractivity contribution in [1.82, 2.24) is 4.98 Å². The zero-order valence-electron chi connectivity index (χ0n) is 8.73. The molecule has 78 valence electrons. The lowest BCUT2D eigenvalue weighted by Crippen LogP contribution is -2.33. The SMILES string of the molecule is CC(C)C1CCCN1c1ncc(N)s1. The first-order valence-electron chi connectivity index (χ1n) is 5.16. The summed E-state index contributed by atoms with van der Waals surface area (Å²) in [6.45, 7) is 5.69. The van der Waals surface area contributed by atoms with E-state index in [4.69, 9.17) is 5.73 Å². The van der Waals surface area contributed by atoms with Gasteiger partial charge in [-0.25, -0.2) is 4.98 Å². The largest absolute Gasteiger partial charge is 0.389 e. The van der Waals surface area contributed by atoms with Crippen LogP contribution in [0.15, 0.2) is 6.20 Å². The molecular weight excluding hydrogens is 194 g/mol. The van der Waals surface area contributed by atoms with Crippen LogP contribution < -0.4 is 10.6 Å². The van der Waals surface area contributed by atoms with Crippen molar-refractivity contribution < 1.29 is 0 Å². The summed E-state index contributed by atoms with van der Waals surface area (Å²) in [4.78, 5) is 6.76. The smallest absolute Gasteiger partial charge is 0.187 e. The van der Waals surface area contributed by atoms with E-state index >= 15 is 0 Å². The van der Waals surface area contributed by atoms with E-state index < -0.39 is 0 Å². The third-order valence-corrected chi connectivity index (χ3v) is 3.69. The minimum absolute atomic E-state index is 0.653. The minimum atomic E-state index is 0.653. The molecule has 1 aliphatic rings. The Labute approximate surface area is 88.9 Å². The first-order valence-corrected chi connectivity index (χ1v) is 5.98. The van der Waals surface area contributed by atoms with Gasteiger partial charge in [0.25, 0.3) is 0 Å². The quantitative estimate of drug-likeness (QED) is 0.816. The number of nitrogens with zero attached hydrogens (tertiary/aromatic N) is 2. The van der Waals surface area contributed by atoms with Crippen molar-refractivity contribution in [3.63, 3.8) is 0 Å². The van der Waals surface area contributed by atoms with Crippen LogP contribution in [-0.4, -0.2) is 17.6 Å². The van der Waals surface area contributed by atoms with Crippen LogP contribution in [-0.2, 0) is 0 Å². The van der Waals surface area contributed by atoms with Crippen molar-refractivity contribution in [2.45, 2.75) is 32.7 Å². The normalized spacial score (nSPS) is 22.2. The molecule has 0 spiro atoms. The first kappa shape index (κ1) is 9.77. The van der Waals surface area contributed by atoms with Crippen molar-refractivity contribution in [2.75, 3.05) is 17.2 Å². The Morgan fingerprint density at radius 2 is 2.43 bits per heavy atom. The average molecular weight is 211 g/mol. The Morgan fingerprint density at radius 1 is 1.64 bits per heavy atom. The fourth-order valence-corrected chi connectivity index (χ4v) is 2.90. The fourth-order valence-electron chi connectivity index (χ4n) is 2.13. The van der Waals surface area contributed by atoms with Crippen LogP contribution in [0.5, 0.6) is 0 Å². The van der Waals surface area contributed by atoms with Gasteiger partial charge >= 0.3 is 0 Å². The molecule has 14 heavy (non-hydrogen) atoms. The number of nitrogens with two attached hydrogens (primary N) is 1. The molecule has 0 saturated carbocycles. The number of aromatic nitrogens is 1. The van der Waals surface area contributed by atoms with Crippen molar-refractivity contribution in [3.8, 4) is 0 Å². The lowest BCUT2D eigenvalue weighted by molar-refractivity contribution is 0.491. The summed E-state index contributed by atoms with van der Waals surface area (Å²) < 4.78 is 0. The van der Waals surface area contributed by atoms with Crippen LogP contribution in [0.25, 0.3) is 0 Å². The molecule has 3 nitrogen and oxygen atoms in total. The Bertz CT molecular complexity index is 308. The summed E-state index contributed by atoms with van der Waals surface area (Å²) in [5, 5.41) is 1.91. The van der Waals surface area contributed by atoms with Gasteiger partial charge in [-0.3, -0.25) is 0 Å². The van der Waals surface area contributed by atoms with Gasteiger partial charge in [-0.05, 0) is 18.8 Å². The van der Waals surface area contributed by atoms with Gasteiger partial charge in [-0.2, -0.15) is 0 Å². The monoisotopic (exact) mass is 211 g/mol. The number of rotatable bonds is 2. The highest BCUT2D eigenvalue weighted by molar-refractivity contribution is 7.19. The molecule has 2 N–H and O–H groups in total. The summed E-state index contributed by atoms with van der Waals surface area (Å²) in [5.41, 5.74) is 5.70. The number of anilines is 2. The molecule has 0 aliphatic carbocycles. The maximum atomic E-state index is 5.70. The lowest BCUT2D eigenvalue weighted by atomic mass is 10.0. The first-order chi connectivity index (χ1) is 6.68. The molecule has 2 heterocycles. The third kappa shape index (κ3) is 1.71. The Balaban J connectivity index is 2.17. The Morgan fingerprint density at radius 3 is 3.00 bits per heavy atom. The van der Waals surface area contributed by atoms with Gasteiger partial charge in [-0.1, -0.05) is 25.2 Å². The van der Waals surface area contributed by atoms with Crippen LogP contribution >= 0.6 is 11.3 Å². The molecule has 0 bridgehead atoms. The van der Waals surface area contributed by atoms with E-state index in [1.54, 1.807) is 17.5 Å². The summed E-state index contributed by atoms with van der Waals surface area (Å²) in [6, 6.07) is 0.653. The second kappa shape index (κ2) is 3.77. The van der Waals surface area contributed by atoms with Gasteiger partial charge in [0.15, 0.2) is 5.13 Å². The van der Waals surface area contributed by atoms with E-state index in [0.29, 0.717) is 12.0 Å². The number of thiazole rings is 1. The Hall–Kier alpha value is -0.770. The van der Waals surface area contributed by atoms with Crippen LogP contribution in [0.4, 0.5) is 10.1 Å². The van der Waals surface area contributed by atoms with Crippen LogP contribution in [0.2, 0.25) is 0 Å². The second-order valence-corrected chi connectivity index (χ2v) is 5.23. The highest BCUT2D eigenvalue weighted by Gasteiger charge is 2.28. The zero-order valence-corrected chi connectivity index (χ0v) is 9.55. The van der Waals surface area contributed by atoms with Gasteiger partial charge in [0, 0.05) is 12.6 Å². The molecule has 4 heteroatoms. The van der Waals surface area contributed by atoms with Gasteiger partial charge in [0.1, 0.15) is 5.00 Å². The molecule has 0 amide bonds. The predicted octanol–water partition coefficient (Wildman–Crippen LogP) is 2.35. The van der Waals surface area contributed by atoms with E-state index in [9.17, 15) is 0 Å². The van der Waals surface area contributed by atoms with E-state index in [2.05, 4.69) is 23.7 Å². The maximum Gasteiger partial charge on any atom is 0.187 e. The standard InChI is InChI=1S/C10H17N3S/c1-7(2)8-4-3-5-13(8)10-12-6-9(11)14-10/h6-8H,3-5,11H2,1-2H3. The third-order valence-electron chi connectivity index (χ3n) is 2.83. The summed E-state index contributed by atoms with van der Waals surface area (Å²) in [6.07, 6.45) is 4.33. The molecule has 1 saturated heterocycles. The average Bonchev–Trinajstić information content (AvgIpc) is 2.70. The molecule has 1 aromatic rings. The van der Waals surface area contributed by atoms with E-state index in [-0.39, 0.29) is 0 Å². The number of nitrogen functional groups attached to an aromatic ring is 1. The van der Waals surface area contributed by atoms with Gasteiger partial charge in [0.2, 0.25) is 0 Å². The molecule has 0 aromatic carbocycles. The molecule has 0 radical (unpaired) electrons. The van der Waals surface area contributed by atoms with Gasteiger partial charge in [0.05, 0.1) is 6.20 Å². The predicted molar refractivity (Wildman–Crippen MR) is 61.7 cm³/mol. The fraction of sp³-hybridized carbons (Fsp3) is 0.700. The second-order valence-electron chi connectivity index (χ2n) is 4.19. The van der Waals surface area contributed by atoms with Gasteiger partial charge < -0.3 is 10.6 Å². The molecule has 2 rings (SSSR count). The van der Waals surface area contributed by atoms with Crippen molar-refractivity contribution in [1.29, 1.82) is 0 Å². The maximum absolute atomic E-state index is 5.70. The van der Waals surface area contributed by atoms with Crippen LogP contribution in [0.1, 0.15) is 26.7 Å². The molecule has 1 aromatic heterocycles. The molecule has 1 unspecified atom stereocenters. The summed E-state index contributed by atoms with van der Waals surface area (Å²) >= 11 is 1.60. The molecular formula is C10H17N3S. The van der Waals surface area contributed by atoms with Crippen molar-refractivity contribution >= 4 is 21.5 Å². The zero-order chi connectivity index (χ0) is 10.1. The molecule has 1 aliphatic heterocycles.